The minimum atomic E-state index is -0.454. The lowest BCUT2D eigenvalue weighted by Gasteiger charge is -1.99. The number of ketones is 1. The largest absolute Gasteiger partial charge is 0.294 e. The van der Waals surface area contributed by atoms with Gasteiger partial charge in [0.25, 0.3) is 5.69 Å². The highest BCUT2D eigenvalue weighted by molar-refractivity contribution is 7.08. The van der Waals surface area contributed by atoms with E-state index in [0.717, 1.165) is 5.56 Å². The maximum absolute atomic E-state index is 11.8. The number of hydrogen-bond acceptors (Lipinski definition) is 4. The Hall–Kier alpha value is -2.01. The van der Waals surface area contributed by atoms with E-state index in [2.05, 4.69) is 0 Å². The third-order valence-electron chi connectivity index (χ3n) is 2.35. The average Bonchev–Trinajstić information content (AvgIpc) is 2.83. The molecule has 1 heterocycles. The molecule has 0 atom stereocenters. The van der Waals surface area contributed by atoms with Gasteiger partial charge < -0.3 is 0 Å². The zero-order chi connectivity index (χ0) is 12.3. The quantitative estimate of drug-likeness (QED) is 0.474. The number of nitro groups is 1. The summed E-state index contributed by atoms with van der Waals surface area (Å²) in [5, 5.41) is 14.1. The highest BCUT2D eigenvalue weighted by atomic mass is 32.1. The van der Waals surface area contributed by atoms with Gasteiger partial charge in [0.2, 0.25) is 0 Å². The van der Waals surface area contributed by atoms with Gasteiger partial charge in [-0.05, 0) is 17.0 Å². The number of rotatable bonds is 4. The first-order valence-corrected chi connectivity index (χ1v) is 5.90. The van der Waals surface area contributed by atoms with Crippen LogP contribution < -0.4 is 0 Å². The van der Waals surface area contributed by atoms with E-state index >= 15 is 0 Å². The number of nitro benzene ring substituents is 1. The third-order valence-corrected chi connectivity index (χ3v) is 3.04. The number of Topliss-reactive ketones (excluding diaryl/α,β-unsaturated/α-hetero) is 1. The molecule has 0 aliphatic carbocycles. The van der Waals surface area contributed by atoms with Crippen molar-refractivity contribution >= 4 is 22.8 Å². The summed E-state index contributed by atoms with van der Waals surface area (Å²) in [4.78, 5) is 21.8. The fourth-order valence-corrected chi connectivity index (χ4v) is 2.11. The predicted octanol–water partition coefficient (Wildman–Crippen LogP) is 3.08. The molecule has 86 valence electrons. The molecule has 2 aromatic rings. The second-order valence-electron chi connectivity index (χ2n) is 3.54. The topological polar surface area (TPSA) is 60.2 Å². The summed E-state index contributed by atoms with van der Waals surface area (Å²) in [5.74, 6) is 0.0279. The summed E-state index contributed by atoms with van der Waals surface area (Å²) in [5.41, 5.74) is 1.51. The molecule has 0 saturated heterocycles. The molecule has 2 rings (SSSR count). The first-order chi connectivity index (χ1) is 8.16. The fourth-order valence-electron chi connectivity index (χ4n) is 1.45. The van der Waals surface area contributed by atoms with E-state index in [1.54, 1.807) is 23.6 Å². The van der Waals surface area contributed by atoms with E-state index < -0.39 is 4.92 Å². The van der Waals surface area contributed by atoms with E-state index in [0.29, 0.717) is 5.56 Å². The highest BCUT2D eigenvalue weighted by Crippen LogP contribution is 2.15. The van der Waals surface area contributed by atoms with Crippen LogP contribution in [0.4, 0.5) is 5.69 Å². The molecule has 0 radical (unpaired) electrons. The lowest BCUT2D eigenvalue weighted by Crippen LogP contribution is -2.01. The first kappa shape index (κ1) is 11.5. The van der Waals surface area contributed by atoms with Crippen molar-refractivity contribution in [3.05, 3.63) is 62.3 Å². The molecule has 0 N–H and O–H groups in total. The third kappa shape index (κ3) is 2.76. The van der Waals surface area contributed by atoms with Gasteiger partial charge in [-0.25, -0.2) is 0 Å². The molecule has 5 heteroatoms. The van der Waals surface area contributed by atoms with Gasteiger partial charge in [0.05, 0.1) is 4.92 Å². The Kier molecular flexibility index (Phi) is 3.30. The molecule has 0 bridgehead atoms. The minimum absolute atomic E-state index is 0.0279. The molecule has 17 heavy (non-hydrogen) atoms. The Morgan fingerprint density at radius 1 is 1.24 bits per heavy atom. The molecule has 0 fully saturated rings. The van der Waals surface area contributed by atoms with E-state index in [9.17, 15) is 14.9 Å². The fraction of sp³-hybridized carbons (Fsp3) is 0.0833. The van der Waals surface area contributed by atoms with Crippen LogP contribution in [0.25, 0.3) is 0 Å². The zero-order valence-electron chi connectivity index (χ0n) is 8.83. The van der Waals surface area contributed by atoms with E-state index in [4.69, 9.17) is 0 Å². The maximum atomic E-state index is 11.8. The number of hydrogen-bond donors (Lipinski definition) is 0. The van der Waals surface area contributed by atoms with Crippen LogP contribution in [-0.2, 0) is 6.42 Å². The van der Waals surface area contributed by atoms with Gasteiger partial charge in [-0.15, -0.1) is 0 Å². The first-order valence-electron chi connectivity index (χ1n) is 4.95. The van der Waals surface area contributed by atoms with Gasteiger partial charge in [-0.2, -0.15) is 11.3 Å². The van der Waals surface area contributed by atoms with E-state index in [1.807, 2.05) is 5.38 Å². The van der Waals surface area contributed by atoms with Crippen LogP contribution in [0.3, 0.4) is 0 Å². The van der Waals surface area contributed by atoms with Gasteiger partial charge in [-0.3, -0.25) is 14.9 Å². The lowest BCUT2D eigenvalue weighted by atomic mass is 10.1. The number of thiophene rings is 1. The van der Waals surface area contributed by atoms with Crippen LogP contribution in [0.5, 0.6) is 0 Å². The van der Waals surface area contributed by atoms with Crippen molar-refractivity contribution in [2.45, 2.75) is 6.42 Å². The van der Waals surface area contributed by atoms with Crippen molar-refractivity contribution in [1.29, 1.82) is 0 Å². The Labute approximate surface area is 102 Å². The monoisotopic (exact) mass is 247 g/mol. The van der Waals surface area contributed by atoms with Gasteiger partial charge >= 0.3 is 0 Å². The number of carbonyl (C=O) groups is 1. The standard InChI is InChI=1S/C12H9NO3S/c14-12(10-5-6-17-8-10)7-9-1-3-11(4-2-9)13(15)16/h1-6,8H,7H2. The molecule has 0 spiro atoms. The van der Waals surface area contributed by atoms with Crippen LogP contribution in [0.1, 0.15) is 15.9 Å². The van der Waals surface area contributed by atoms with Crippen LogP contribution in [-0.4, -0.2) is 10.7 Å². The van der Waals surface area contributed by atoms with Gasteiger partial charge in [-0.1, -0.05) is 12.1 Å². The van der Waals surface area contributed by atoms with Gasteiger partial charge in [0.15, 0.2) is 5.78 Å². The van der Waals surface area contributed by atoms with Crippen molar-refractivity contribution < 1.29 is 9.72 Å². The summed E-state index contributed by atoms with van der Waals surface area (Å²) in [6.07, 6.45) is 0.273. The summed E-state index contributed by atoms with van der Waals surface area (Å²) in [6.45, 7) is 0. The summed E-state index contributed by atoms with van der Waals surface area (Å²) in [7, 11) is 0. The molecular formula is C12H9NO3S. The molecule has 0 aliphatic rings. The van der Waals surface area contributed by atoms with Crippen molar-refractivity contribution in [2.75, 3.05) is 0 Å². The maximum Gasteiger partial charge on any atom is 0.269 e. The smallest absolute Gasteiger partial charge is 0.269 e. The molecular weight excluding hydrogens is 238 g/mol. The predicted molar refractivity (Wildman–Crippen MR) is 65.4 cm³/mol. The molecule has 4 nitrogen and oxygen atoms in total. The van der Waals surface area contributed by atoms with Crippen molar-refractivity contribution in [3.63, 3.8) is 0 Å². The Bertz CT molecular complexity index is 531. The Morgan fingerprint density at radius 2 is 1.94 bits per heavy atom. The number of nitrogens with zero attached hydrogens (tertiary/aromatic N) is 1. The van der Waals surface area contributed by atoms with Gasteiger partial charge in [0, 0.05) is 29.5 Å². The molecule has 0 aliphatic heterocycles. The average molecular weight is 247 g/mol. The molecule has 0 saturated carbocycles. The van der Waals surface area contributed by atoms with Gasteiger partial charge in [0.1, 0.15) is 0 Å². The highest BCUT2D eigenvalue weighted by Gasteiger charge is 2.09. The SMILES string of the molecule is O=C(Cc1ccc([N+](=O)[O-])cc1)c1ccsc1. The van der Waals surface area contributed by atoms with E-state index in [-0.39, 0.29) is 17.9 Å². The molecule has 0 unspecified atom stereocenters. The van der Waals surface area contributed by atoms with Crippen molar-refractivity contribution in [3.8, 4) is 0 Å². The van der Waals surface area contributed by atoms with Crippen molar-refractivity contribution in [2.24, 2.45) is 0 Å². The molecule has 1 aromatic carbocycles. The molecule has 0 amide bonds. The van der Waals surface area contributed by atoms with E-state index in [1.165, 1.54) is 23.5 Å². The van der Waals surface area contributed by atoms with Crippen LogP contribution in [0.2, 0.25) is 0 Å². The summed E-state index contributed by atoms with van der Waals surface area (Å²) in [6, 6.07) is 7.83. The number of benzene rings is 1. The Balaban J connectivity index is 2.09. The minimum Gasteiger partial charge on any atom is -0.294 e. The van der Waals surface area contributed by atoms with Crippen LogP contribution >= 0.6 is 11.3 Å². The second-order valence-corrected chi connectivity index (χ2v) is 4.32. The summed E-state index contributed by atoms with van der Waals surface area (Å²) < 4.78 is 0. The van der Waals surface area contributed by atoms with Crippen LogP contribution in [0.15, 0.2) is 41.1 Å². The summed E-state index contributed by atoms with van der Waals surface area (Å²) >= 11 is 1.47. The molecule has 1 aromatic heterocycles. The Morgan fingerprint density at radius 3 is 2.47 bits per heavy atom. The second kappa shape index (κ2) is 4.88. The van der Waals surface area contributed by atoms with Crippen molar-refractivity contribution in [1.82, 2.24) is 0 Å². The normalized spacial score (nSPS) is 10.1. The zero-order valence-corrected chi connectivity index (χ0v) is 9.65. The number of carbonyl (C=O) groups excluding carboxylic acids is 1. The van der Waals surface area contributed by atoms with Crippen LogP contribution in [0, 0.1) is 10.1 Å². The number of non-ortho nitro benzene ring substituents is 1. The lowest BCUT2D eigenvalue weighted by molar-refractivity contribution is -0.384.